The Hall–Kier alpha value is -4.91. The number of anilines is 1. The largest absolute Gasteiger partial charge is 0.495 e. The van der Waals surface area contributed by atoms with E-state index < -0.39 is 6.04 Å². The summed E-state index contributed by atoms with van der Waals surface area (Å²) >= 11 is 0. The predicted octanol–water partition coefficient (Wildman–Crippen LogP) is 6.58. The summed E-state index contributed by atoms with van der Waals surface area (Å²) in [5.41, 5.74) is 2.57. The third-order valence-electron chi connectivity index (χ3n) is 6.67. The molecule has 1 unspecified atom stereocenters. The normalized spacial score (nSPS) is 11.6. The maximum atomic E-state index is 14.0. The van der Waals surface area contributed by atoms with E-state index >= 15 is 0 Å². The van der Waals surface area contributed by atoms with Crippen molar-refractivity contribution in [2.45, 2.75) is 25.9 Å². The van der Waals surface area contributed by atoms with Gasteiger partial charge in [0.15, 0.2) is 0 Å². The summed E-state index contributed by atoms with van der Waals surface area (Å²) < 4.78 is 7.22. The molecule has 0 saturated heterocycles. The Labute approximate surface area is 227 Å². The van der Waals surface area contributed by atoms with E-state index in [2.05, 4.69) is 5.32 Å². The lowest BCUT2D eigenvalue weighted by Gasteiger charge is -2.32. The lowest BCUT2D eigenvalue weighted by Crippen LogP contribution is -2.40. The summed E-state index contributed by atoms with van der Waals surface area (Å²) in [5.74, 6) is 1.00. The third-order valence-corrected chi connectivity index (χ3v) is 6.67. The average Bonchev–Trinajstić information content (AvgIpc) is 2.98. The van der Waals surface area contributed by atoms with Crippen molar-refractivity contribution in [2.24, 2.45) is 0 Å². The summed E-state index contributed by atoms with van der Waals surface area (Å²) in [6, 6.07) is 33.0. The number of benzene rings is 4. The predicted molar refractivity (Wildman–Crippen MR) is 154 cm³/mol. The van der Waals surface area contributed by atoms with Gasteiger partial charge in [-0.2, -0.15) is 0 Å². The van der Waals surface area contributed by atoms with Crippen LogP contribution in [-0.2, 0) is 6.54 Å². The number of rotatable bonds is 8. The first kappa shape index (κ1) is 25.7. The van der Waals surface area contributed by atoms with Crippen LogP contribution in [0.2, 0.25) is 0 Å². The molecule has 0 saturated carbocycles. The van der Waals surface area contributed by atoms with Crippen molar-refractivity contribution in [1.29, 1.82) is 0 Å². The molecule has 196 valence electrons. The zero-order chi connectivity index (χ0) is 27.2. The highest BCUT2D eigenvalue weighted by atomic mass is 16.5. The fraction of sp³-hybridized carbons (Fsp3) is 0.156. The molecule has 7 heteroatoms. The third kappa shape index (κ3) is 5.38. The first-order valence-electron chi connectivity index (χ1n) is 12.9. The lowest BCUT2D eigenvalue weighted by atomic mass is 10.1. The second-order valence-electron chi connectivity index (χ2n) is 9.13. The number of nitrogens with zero attached hydrogens (tertiary/aromatic N) is 3. The maximum absolute atomic E-state index is 14.0. The molecule has 1 aromatic heterocycles. The number of para-hydroxylation sites is 4. The van der Waals surface area contributed by atoms with Gasteiger partial charge in [0.1, 0.15) is 11.6 Å². The standard InChI is InChI=1S/C32H30N4O3/c1-3-27(35(22-23-14-6-4-7-15-23)32(38)33-24-16-8-5-9-17-24)30-34-26-19-11-10-18-25(26)31(37)36(30)28-20-12-13-21-29(28)39-2/h4-21,27H,3,22H2,1-2H3,(H,33,38). The molecule has 1 N–H and O–H groups in total. The van der Waals surface area contributed by atoms with E-state index in [9.17, 15) is 9.59 Å². The molecule has 0 aliphatic heterocycles. The summed E-state index contributed by atoms with van der Waals surface area (Å²) in [6.07, 6.45) is 0.523. The molecule has 39 heavy (non-hydrogen) atoms. The number of fused-ring (bicyclic) bond motifs is 1. The van der Waals surface area contributed by atoms with Crippen LogP contribution < -0.4 is 15.6 Å². The average molecular weight is 519 g/mol. The molecule has 0 radical (unpaired) electrons. The highest BCUT2D eigenvalue weighted by Gasteiger charge is 2.30. The highest BCUT2D eigenvalue weighted by Crippen LogP contribution is 2.31. The molecule has 2 amide bonds. The van der Waals surface area contributed by atoms with Gasteiger partial charge in [0.25, 0.3) is 5.56 Å². The highest BCUT2D eigenvalue weighted by molar-refractivity contribution is 5.89. The molecule has 5 aromatic rings. The van der Waals surface area contributed by atoms with Crippen LogP contribution in [0.15, 0.2) is 114 Å². The Morgan fingerprint density at radius 2 is 1.54 bits per heavy atom. The van der Waals surface area contributed by atoms with Crippen LogP contribution in [0.5, 0.6) is 5.75 Å². The minimum atomic E-state index is -0.531. The van der Waals surface area contributed by atoms with Crippen LogP contribution in [0.25, 0.3) is 16.6 Å². The fourth-order valence-corrected chi connectivity index (χ4v) is 4.78. The molecule has 4 aromatic carbocycles. The number of aromatic nitrogens is 2. The Kier molecular flexibility index (Phi) is 7.68. The molecule has 0 fully saturated rings. The fourth-order valence-electron chi connectivity index (χ4n) is 4.78. The molecule has 0 aliphatic rings. The van der Waals surface area contributed by atoms with Crippen molar-refractivity contribution in [1.82, 2.24) is 14.5 Å². The van der Waals surface area contributed by atoms with Crippen molar-refractivity contribution >= 4 is 22.6 Å². The molecule has 0 bridgehead atoms. The SMILES string of the molecule is CCC(c1nc2ccccc2c(=O)n1-c1ccccc1OC)N(Cc1ccccc1)C(=O)Nc1ccccc1. The van der Waals surface area contributed by atoms with Gasteiger partial charge in [-0.05, 0) is 48.4 Å². The number of carbonyl (C=O) groups is 1. The molecule has 1 atom stereocenters. The van der Waals surface area contributed by atoms with Gasteiger partial charge < -0.3 is 15.0 Å². The number of amides is 2. The summed E-state index contributed by atoms with van der Waals surface area (Å²) in [7, 11) is 1.57. The van der Waals surface area contributed by atoms with Gasteiger partial charge in [-0.15, -0.1) is 0 Å². The van der Waals surface area contributed by atoms with Gasteiger partial charge in [-0.3, -0.25) is 9.36 Å². The minimum Gasteiger partial charge on any atom is -0.495 e. The van der Waals surface area contributed by atoms with E-state index in [1.165, 1.54) is 0 Å². The minimum absolute atomic E-state index is 0.221. The van der Waals surface area contributed by atoms with Crippen molar-refractivity contribution in [3.8, 4) is 11.4 Å². The molecular formula is C32H30N4O3. The molecule has 7 nitrogen and oxygen atoms in total. The second kappa shape index (κ2) is 11.6. The van der Waals surface area contributed by atoms with E-state index in [0.717, 1.165) is 5.56 Å². The number of carbonyl (C=O) groups excluding carboxylic acids is 1. The lowest BCUT2D eigenvalue weighted by molar-refractivity contribution is 0.177. The van der Waals surface area contributed by atoms with E-state index in [4.69, 9.17) is 9.72 Å². The van der Waals surface area contributed by atoms with E-state index in [1.54, 1.807) is 22.6 Å². The molecular weight excluding hydrogens is 488 g/mol. The van der Waals surface area contributed by atoms with Crippen LogP contribution in [0, 0.1) is 0 Å². The quantitative estimate of drug-likeness (QED) is 0.252. The summed E-state index contributed by atoms with van der Waals surface area (Å²) in [6.45, 7) is 2.32. The van der Waals surface area contributed by atoms with Crippen LogP contribution in [0.4, 0.5) is 10.5 Å². The second-order valence-corrected chi connectivity index (χ2v) is 9.13. The van der Waals surface area contributed by atoms with Gasteiger partial charge in [0.2, 0.25) is 0 Å². The maximum Gasteiger partial charge on any atom is 0.322 e. The molecule has 1 heterocycles. The van der Waals surface area contributed by atoms with Crippen LogP contribution >= 0.6 is 0 Å². The Bertz CT molecular complexity index is 1630. The van der Waals surface area contributed by atoms with Gasteiger partial charge in [-0.25, -0.2) is 9.78 Å². The number of urea groups is 1. The van der Waals surface area contributed by atoms with Gasteiger partial charge in [0, 0.05) is 12.2 Å². The topological polar surface area (TPSA) is 76.5 Å². The number of hydrogen-bond acceptors (Lipinski definition) is 4. The first-order valence-corrected chi connectivity index (χ1v) is 12.9. The molecule has 0 spiro atoms. The van der Waals surface area contributed by atoms with Gasteiger partial charge in [-0.1, -0.05) is 79.7 Å². The number of methoxy groups -OCH3 is 1. The van der Waals surface area contributed by atoms with Crippen LogP contribution in [0.3, 0.4) is 0 Å². The Morgan fingerprint density at radius 1 is 0.897 bits per heavy atom. The summed E-state index contributed by atoms with van der Waals surface area (Å²) in [5, 5.41) is 3.52. The number of nitrogens with one attached hydrogen (secondary N) is 1. The Balaban J connectivity index is 1.71. The van der Waals surface area contributed by atoms with Gasteiger partial charge in [0.05, 0.1) is 29.7 Å². The molecule has 5 rings (SSSR count). The van der Waals surface area contributed by atoms with Crippen molar-refractivity contribution in [2.75, 3.05) is 12.4 Å². The van der Waals surface area contributed by atoms with Crippen molar-refractivity contribution < 1.29 is 9.53 Å². The van der Waals surface area contributed by atoms with E-state index in [0.29, 0.717) is 46.8 Å². The van der Waals surface area contributed by atoms with Crippen LogP contribution in [0.1, 0.15) is 30.8 Å². The Morgan fingerprint density at radius 3 is 2.26 bits per heavy atom. The first-order chi connectivity index (χ1) is 19.1. The van der Waals surface area contributed by atoms with Crippen molar-refractivity contribution in [3.05, 3.63) is 131 Å². The van der Waals surface area contributed by atoms with Crippen molar-refractivity contribution in [3.63, 3.8) is 0 Å². The molecule has 0 aliphatic carbocycles. The monoisotopic (exact) mass is 518 g/mol. The number of ether oxygens (including phenoxy) is 1. The number of hydrogen-bond donors (Lipinski definition) is 1. The van der Waals surface area contributed by atoms with E-state index in [1.807, 2.05) is 110 Å². The zero-order valence-corrected chi connectivity index (χ0v) is 22.0. The smallest absolute Gasteiger partial charge is 0.322 e. The summed E-state index contributed by atoms with van der Waals surface area (Å²) in [4.78, 5) is 34.7. The van der Waals surface area contributed by atoms with Gasteiger partial charge >= 0.3 is 6.03 Å². The van der Waals surface area contributed by atoms with Crippen LogP contribution in [-0.4, -0.2) is 27.6 Å². The zero-order valence-electron chi connectivity index (χ0n) is 22.0. The van der Waals surface area contributed by atoms with E-state index in [-0.39, 0.29) is 11.6 Å².